The zero-order chi connectivity index (χ0) is 18.2. The fourth-order valence-corrected chi connectivity index (χ4v) is 3.86. The summed E-state index contributed by atoms with van der Waals surface area (Å²) < 4.78 is 0. The van der Waals surface area contributed by atoms with Gasteiger partial charge in [0.25, 0.3) is 0 Å². The van der Waals surface area contributed by atoms with Gasteiger partial charge in [0.2, 0.25) is 0 Å². The van der Waals surface area contributed by atoms with E-state index in [4.69, 9.17) is 0 Å². The second-order valence-corrected chi connectivity index (χ2v) is 7.20. The van der Waals surface area contributed by atoms with E-state index in [1.54, 1.807) is 6.07 Å². The Hall–Kier alpha value is -1.88. The Morgan fingerprint density at radius 2 is 1.77 bits per heavy atom. The molecule has 1 fully saturated rings. The molecule has 26 heavy (non-hydrogen) atoms. The normalized spacial score (nSPS) is 18.9. The average molecular weight is 354 g/mol. The Morgan fingerprint density at radius 1 is 0.962 bits per heavy atom. The lowest BCUT2D eigenvalue weighted by atomic mass is 10.1. The predicted octanol–water partition coefficient (Wildman–Crippen LogP) is 2.89. The molecule has 2 aromatic carbocycles. The van der Waals surface area contributed by atoms with Gasteiger partial charge in [-0.15, -0.1) is 0 Å². The van der Waals surface area contributed by atoms with E-state index < -0.39 is 0 Å². The van der Waals surface area contributed by atoms with E-state index in [1.165, 1.54) is 5.56 Å². The van der Waals surface area contributed by atoms with Crippen molar-refractivity contribution in [3.8, 4) is 5.75 Å². The first-order valence-corrected chi connectivity index (χ1v) is 9.63. The molecular weight excluding hydrogens is 324 g/mol. The number of phenolic OH excluding ortho intramolecular Hbond substituents is 1. The first-order chi connectivity index (χ1) is 12.7. The molecule has 0 saturated carbocycles. The third kappa shape index (κ3) is 5.56. The molecule has 2 aromatic rings. The number of hydrogen-bond acceptors (Lipinski definition) is 4. The third-order valence-corrected chi connectivity index (χ3v) is 5.22. The summed E-state index contributed by atoms with van der Waals surface area (Å²) >= 11 is 0. The first kappa shape index (κ1) is 18.9. The van der Waals surface area contributed by atoms with Crippen LogP contribution in [0.3, 0.4) is 0 Å². The van der Waals surface area contributed by atoms with Crippen LogP contribution in [-0.4, -0.2) is 58.8 Å². The fourth-order valence-electron chi connectivity index (χ4n) is 3.86. The molecule has 0 radical (unpaired) electrons. The van der Waals surface area contributed by atoms with Crippen molar-refractivity contribution < 1.29 is 10.2 Å². The predicted molar refractivity (Wildman–Crippen MR) is 105 cm³/mol. The number of nitrogens with zero attached hydrogens (tertiary/aromatic N) is 2. The van der Waals surface area contributed by atoms with Crippen molar-refractivity contribution in [2.24, 2.45) is 0 Å². The molecule has 0 spiro atoms. The van der Waals surface area contributed by atoms with E-state index in [1.807, 2.05) is 12.1 Å². The quantitative estimate of drug-likeness (QED) is 0.765. The van der Waals surface area contributed by atoms with Crippen molar-refractivity contribution in [1.82, 2.24) is 9.80 Å². The summed E-state index contributed by atoms with van der Waals surface area (Å²) in [7, 11) is 0. The summed E-state index contributed by atoms with van der Waals surface area (Å²) in [6.45, 7) is 5.22. The van der Waals surface area contributed by atoms with Crippen LogP contribution in [0.5, 0.6) is 5.75 Å². The molecule has 3 rings (SSSR count). The topological polar surface area (TPSA) is 46.9 Å². The lowest BCUT2D eigenvalue weighted by Gasteiger charge is -2.41. The molecule has 2 N–H and O–H groups in total. The molecular formula is C22H30N2O2. The van der Waals surface area contributed by atoms with Gasteiger partial charge < -0.3 is 10.2 Å². The minimum atomic E-state index is 0.236. The van der Waals surface area contributed by atoms with Gasteiger partial charge in [-0.05, 0) is 49.1 Å². The van der Waals surface area contributed by atoms with Gasteiger partial charge in [-0.1, -0.05) is 42.5 Å². The van der Waals surface area contributed by atoms with Crippen LogP contribution in [0.15, 0.2) is 54.6 Å². The number of benzene rings is 2. The number of aliphatic hydroxyl groups excluding tert-OH is 1. The van der Waals surface area contributed by atoms with E-state index in [0.717, 1.165) is 57.5 Å². The highest BCUT2D eigenvalue weighted by Crippen LogP contribution is 2.18. The van der Waals surface area contributed by atoms with Gasteiger partial charge in [-0.3, -0.25) is 9.80 Å². The van der Waals surface area contributed by atoms with Crippen LogP contribution >= 0.6 is 0 Å². The van der Waals surface area contributed by atoms with E-state index in [2.05, 4.69) is 46.2 Å². The lowest BCUT2D eigenvalue weighted by Crippen LogP contribution is -2.53. The maximum atomic E-state index is 9.65. The number of hydrogen-bond donors (Lipinski definition) is 2. The molecule has 1 atom stereocenters. The Bertz CT molecular complexity index is 662. The molecule has 4 heteroatoms. The number of aliphatic hydroxyl groups is 1. The molecule has 0 aliphatic carbocycles. The van der Waals surface area contributed by atoms with E-state index in [-0.39, 0.29) is 6.61 Å². The summed E-state index contributed by atoms with van der Waals surface area (Å²) in [4.78, 5) is 4.97. The highest BCUT2D eigenvalue weighted by Gasteiger charge is 2.26. The number of phenols is 1. The number of aryl methyl sites for hydroxylation is 1. The van der Waals surface area contributed by atoms with Crippen LogP contribution in [-0.2, 0) is 13.0 Å². The smallest absolute Gasteiger partial charge is 0.115 e. The molecule has 1 heterocycles. The fraction of sp³-hybridized carbons (Fsp3) is 0.455. The molecule has 1 saturated heterocycles. The van der Waals surface area contributed by atoms with E-state index in [9.17, 15) is 10.2 Å². The molecule has 1 aliphatic rings. The first-order valence-electron chi connectivity index (χ1n) is 9.63. The summed E-state index contributed by atoms with van der Waals surface area (Å²) in [6.07, 6.45) is 3.08. The van der Waals surface area contributed by atoms with Gasteiger partial charge in [0.05, 0.1) is 0 Å². The SMILES string of the molecule is OCCC1CN(Cc2cccc(O)c2)CCN1CCCc1ccccc1. The summed E-state index contributed by atoms with van der Waals surface area (Å²) in [5.74, 6) is 0.328. The van der Waals surface area contributed by atoms with Crippen LogP contribution in [0.2, 0.25) is 0 Å². The van der Waals surface area contributed by atoms with Crippen molar-refractivity contribution in [2.75, 3.05) is 32.8 Å². The Balaban J connectivity index is 1.50. The second kappa shape index (κ2) is 9.72. The minimum Gasteiger partial charge on any atom is -0.508 e. The molecule has 1 unspecified atom stereocenters. The van der Waals surface area contributed by atoms with Gasteiger partial charge in [-0.2, -0.15) is 0 Å². The van der Waals surface area contributed by atoms with Crippen molar-refractivity contribution in [3.63, 3.8) is 0 Å². The summed E-state index contributed by atoms with van der Waals surface area (Å²) in [5.41, 5.74) is 2.54. The van der Waals surface area contributed by atoms with E-state index in [0.29, 0.717) is 11.8 Å². The molecule has 1 aliphatic heterocycles. The molecule has 0 amide bonds. The highest BCUT2D eigenvalue weighted by atomic mass is 16.3. The maximum Gasteiger partial charge on any atom is 0.115 e. The molecule has 140 valence electrons. The van der Waals surface area contributed by atoms with Crippen LogP contribution in [0.4, 0.5) is 0 Å². The van der Waals surface area contributed by atoms with Crippen LogP contribution in [0, 0.1) is 0 Å². The highest BCUT2D eigenvalue weighted by molar-refractivity contribution is 5.27. The van der Waals surface area contributed by atoms with Gasteiger partial charge in [0.15, 0.2) is 0 Å². The zero-order valence-electron chi connectivity index (χ0n) is 15.4. The Morgan fingerprint density at radius 3 is 2.54 bits per heavy atom. The van der Waals surface area contributed by atoms with Gasteiger partial charge >= 0.3 is 0 Å². The molecule has 0 bridgehead atoms. The van der Waals surface area contributed by atoms with Crippen LogP contribution in [0.1, 0.15) is 24.0 Å². The largest absolute Gasteiger partial charge is 0.508 e. The molecule has 0 aromatic heterocycles. The van der Waals surface area contributed by atoms with E-state index >= 15 is 0 Å². The van der Waals surface area contributed by atoms with Crippen LogP contribution in [0.25, 0.3) is 0 Å². The number of rotatable bonds is 8. The average Bonchev–Trinajstić information content (AvgIpc) is 2.65. The Labute approximate surface area is 156 Å². The van der Waals surface area contributed by atoms with Crippen molar-refractivity contribution in [2.45, 2.75) is 31.8 Å². The minimum absolute atomic E-state index is 0.236. The number of aromatic hydroxyl groups is 1. The zero-order valence-corrected chi connectivity index (χ0v) is 15.4. The van der Waals surface area contributed by atoms with Crippen molar-refractivity contribution in [3.05, 3.63) is 65.7 Å². The lowest BCUT2D eigenvalue weighted by molar-refractivity contribution is 0.0546. The van der Waals surface area contributed by atoms with Crippen molar-refractivity contribution >= 4 is 0 Å². The van der Waals surface area contributed by atoms with Crippen molar-refractivity contribution in [1.29, 1.82) is 0 Å². The van der Waals surface area contributed by atoms with Gasteiger partial charge in [0.1, 0.15) is 5.75 Å². The Kier molecular flexibility index (Phi) is 7.06. The van der Waals surface area contributed by atoms with Gasteiger partial charge in [-0.25, -0.2) is 0 Å². The maximum absolute atomic E-state index is 9.65. The van der Waals surface area contributed by atoms with Crippen LogP contribution < -0.4 is 0 Å². The summed E-state index contributed by atoms with van der Waals surface area (Å²) in [5, 5.41) is 19.1. The summed E-state index contributed by atoms with van der Waals surface area (Å²) in [6, 6.07) is 18.6. The third-order valence-electron chi connectivity index (χ3n) is 5.22. The number of piperazine rings is 1. The standard InChI is InChI=1S/C22H30N2O2/c25-15-11-21-18-23(17-20-8-4-10-22(26)16-20)13-14-24(21)12-5-9-19-6-2-1-3-7-19/h1-4,6-8,10,16,21,25-26H,5,9,11-15,17-18H2. The second-order valence-electron chi connectivity index (χ2n) is 7.20. The monoisotopic (exact) mass is 354 g/mol. The van der Waals surface area contributed by atoms with Gasteiger partial charge in [0, 0.05) is 38.8 Å². The molecule has 4 nitrogen and oxygen atoms in total.